The van der Waals surface area contributed by atoms with Crippen molar-refractivity contribution in [2.75, 3.05) is 6.61 Å². The SMILES string of the molecule is CC1=C(C)C[C@@]2(C)COC(=O)[C@H]2C1. The number of hydrogen-bond acceptors (Lipinski definition) is 2. The third-order valence-corrected chi connectivity index (χ3v) is 3.58. The van der Waals surface area contributed by atoms with Crippen molar-refractivity contribution >= 4 is 5.97 Å². The minimum absolute atomic E-state index is 0.00866. The highest BCUT2D eigenvalue weighted by Gasteiger charge is 2.48. The lowest BCUT2D eigenvalue weighted by molar-refractivity contribution is -0.141. The van der Waals surface area contributed by atoms with Crippen LogP contribution in [0, 0.1) is 11.3 Å². The summed E-state index contributed by atoms with van der Waals surface area (Å²) in [6.45, 7) is 7.07. The molecule has 0 spiro atoms. The number of ether oxygens (including phenoxy) is 1. The molecule has 72 valence electrons. The van der Waals surface area contributed by atoms with Crippen LogP contribution in [0.1, 0.15) is 33.6 Å². The Hall–Kier alpha value is -0.790. The molecule has 0 aromatic heterocycles. The van der Waals surface area contributed by atoms with E-state index in [-0.39, 0.29) is 17.3 Å². The second-order valence-corrected chi connectivity index (χ2v) is 4.76. The average Bonchev–Trinajstić information content (AvgIpc) is 2.32. The van der Waals surface area contributed by atoms with E-state index in [0.29, 0.717) is 6.61 Å². The molecule has 0 unspecified atom stereocenters. The minimum Gasteiger partial charge on any atom is -0.465 e. The van der Waals surface area contributed by atoms with Gasteiger partial charge >= 0.3 is 5.97 Å². The molecule has 2 heteroatoms. The van der Waals surface area contributed by atoms with Crippen molar-refractivity contribution in [3.8, 4) is 0 Å². The van der Waals surface area contributed by atoms with Gasteiger partial charge in [-0.25, -0.2) is 0 Å². The molecule has 1 heterocycles. The first-order valence-corrected chi connectivity index (χ1v) is 4.85. The zero-order valence-electron chi connectivity index (χ0n) is 8.52. The van der Waals surface area contributed by atoms with Crippen molar-refractivity contribution in [1.82, 2.24) is 0 Å². The van der Waals surface area contributed by atoms with E-state index in [1.54, 1.807) is 0 Å². The van der Waals surface area contributed by atoms with Crippen molar-refractivity contribution < 1.29 is 9.53 Å². The van der Waals surface area contributed by atoms with E-state index in [9.17, 15) is 4.79 Å². The van der Waals surface area contributed by atoms with Crippen LogP contribution < -0.4 is 0 Å². The Labute approximate surface area is 79.0 Å². The maximum absolute atomic E-state index is 11.4. The van der Waals surface area contributed by atoms with E-state index in [4.69, 9.17) is 4.74 Å². The lowest BCUT2D eigenvalue weighted by atomic mass is 9.68. The van der Waals surface area contributed by atoms with Crippen molar-refractivity contribution in [2.45, 2.75) is 33.6 Å². The molecule has 1 saturated heterocycles. The zero-order chi connectivity index (χ0) is 9.64. The normalized spacial score (nSPS) is 39.0. The fourth-order valence-corrected chi connectivity index (χ4v) is 2.46. The van der Waals surface area contributed by atoms with E-state index in [0.717, 1.165) is 12.8 Å². The van der Waals surface area contributed by atoms with E-state index < -0.39 is 0 Å². The first kappa shape index (κ1) is 8.79. The molecule has 1 aliphatic heterocycles. The molecule has 0 bridgehead atoms. The second kappa shape index (κ2) is 2.60. The molecule has 0 saturated carbocycles. The van der Waals surface area contributed by atoms with Gasteiger partial charge in [-0.15, -0.1) is 0 Å². The first-order chi connectivity index (χ1) is 6.03. The molecule has 0 aromatic rings. The molecule has 2 aliphatic rings. The van der Waals surface area contributed by atoms with Crippen LogP contribution in [0.15, 0.2) is 11.1 Å². The summed E-state index contributed by atoms with van der Waals surface area (Å²) >= 11 is 0. The third kappa shape index (κ3) is 1.19. The zero-order valence-corrected chi connectivity index (χ0v) is 8.52. The number of carbonyl (C=O) groups excluding carboxylic acids is 1. The van der Waals surface area contributed by atoms with Gasteiger partial charge in [-0.1, -0.05) is 18.1 Å². The summed E-state index contributed by atoms with van der Waals surface area (Å²) < 4.78 is 5.13. The van der Waals surface area contributed by atoms with E-state index in [1.807, 2.05) is 0 Å². The Balaban J connectivity index is 2.33. The number of esters is 1. The molecule has 13 heavy (non-hydrogen) atoms. The van der Waals surface area contributed by atoms with Crippen LogP contribution in [-0.4, -0.2) is 12.6 Å². The summed E-state index contributed by atoms with van der Waals surface area (Å²) in [5.74, 6) is 0.130. The van der Waals surface area contributed by atoms with Crippen molar-refractivity contribution in [1.29, 1.82) is 0 Å². The summed E-state index contributed by atoms with van der Waals surface area (Å²) in [5.41, 5.74) is 2.90. The number of fused-ring (bicyclic) bond motifs is 1. The predicted octanol–water partition coefficient (Wildman–Crippen LogP) is 2.30. The lowest BCUT2D eigenvalue weighted by Crippen LogP contribution is -2.31. The van der Waals surface area contributed by atoms with Crippen LogP contribution in [0.4, 0.5) is 0 Å². The maximum Gasteiger partial charge on any atom is 0.309 e. The fourth-order valence-electron chi connectivity index (χ4n) is 2.46. The summed E-state index contributed by atoms with van der Waals surface area (Å²) in [6, 6.07) is 0. The number of allylic oxidation sites excluding steroid dienone is 2. The number of hydrogen-bond donors (Lipinski definition) is 0. The second-order valence-electron chi connectivity index (χ2n) is 4.76. The van der Waals surface area contributed by atoms with Gasteiger partial charge in [-0.2, -0.15) is 0 Å². The maximum atomic E-state index is 11.4. The molecular weight excluding hydrogens is 164 g/mol. The molecule has 2 rings (SSSR count). The Morgan fingerprint density at radius 1 is 1.38 bits per heavy atom. The van der Waals surface area contributed by atoms with Crippen LogP contribution >= 0.6 is 0 Å². The van der Waals surface area contributed by atoms with Gasteiger partial charge in [0, 0.05) is 5.41 Å². The third-order valence-electron chi connectivity index (χ3n) is 3.58. The van der Waals surface area contributed by atoms with Gasteiger partial charge in [0.15, 0.2) is 0 Å². The highest BCUT2D eigenvalue weighted by atomic mass is 16.5. The monoisotopic (exact) mass is 180 g/mol. The van der Waals surface area contributed by atoms with Crippen LogP contribution in [0.5, 0.6) is 0 Å². The standard InChI is InChI=1S/C11H16O2/c1-7-4-9-10(12)13-6-11(9,3)5-8(7)2/h9H,4-6H2,1-3H3/t9-,11+/m1/s1. The summed E-state index contributed by atoms with van der Waals surface area (Å²) in [5, 5.41) is 0. The Morgan fingerprint density at radius 3 is 2.77 bits per heavy atom. The molecule has 0 amide bonds. The Morgan fingerprint density at radius 2 is 2.08 bits per heavy atom. The van der Waals surface area contributed by atoms with E-state index >= 15 is 0 Å². The number of carbonyl (C=O) groups is 1. The average molecular weight is 180 g/mol. The van der Waals surface area contributed by atoms with Crippen LogP contribution in [0.25, 0.3) is 0 Å². The first-order valence-electron chi connectivity index (χ1n) is 4.85. The Bertz CT molecular complexity index is 290. The largest absolute Gasteiger partial charge is 0.465 e. The van der Waals surface area contributed by atoms with Gasteiger partial charge in [-0.3, -0.25) is 4.79 Å². The fraction of sp³-hybridized carbons (Fsp3) is 0.727. The number of cyclic esters (lactones) is 1. The van der Waals surface area contributed by atoms with Crippen LogP contribution in [0.2, 0.25) is 0 Å². The van der Waals surface area contributed by atoms with Gasteiger partial charge in [0.25, 0.3) is 0 Å². The minimum atomic E-state index is 0.00866. The topological polar surface area (TPSA) is 26.3 Å². The van der Waals surface area contributed by atoms with Crippen molar-refractivity contribution in [3.63, 3.8) is 0 Å². The Kier molecular flexibility index (Phi) is 1.76. The quantitative estimate of drug-likeness (QED) is 0.422. The molecular formula is C11H16O2. The highest BCUT2D eigenvalue weighted by molar-refractivity contribution is 5.76. The highest BCUT2D eigenvalue weighted by Crippen LogP contribution is 2.47. The summed E-state index contributed by atoms with van der Waals surface area (Å²) in [4.78, 5) is 11.4. The van der Waals surface area contributed by atoms with Gasteiger partial charge in [-0.05, 0) is 26.7 Å². The molecule has 0 aromatic carbocycles. The lowest BCUT2D eigenvalue weighted by Gasteiger charge is -2.33. The van der Waals surface area contributed by atoms with Crippen LogP contribution in [0.3, 0.4) is 0 Å². The molecule has 0 radical (unpaired) electrons. The smallest absolute Gasteiger partial charge is 0.309 e. The van der Waals surface area contributed by atoms with E-state index in [2.05, 4.69) is 20.8 Å². The van der Waals surface area contributed by atoms with Gasteiger partial charge < -0.3 is 4.74 Å². The molecule has 1 aliphatic carbocycles. The summed E-state index contributed by atoms with van der Waals surface area (Å²) in [6.07, 6.45) is 1.93. The molecule has 2 nitrogen and oxygen atoms in total. The summed E-state index contributed by atoms with van der Waals surface area (Å²) in [7, 11) is 0. The van der Waals surface area contributed by atoms with Gasteiger partial charge in [0.05, 0.1) is 12.5 Å². The molecule has 1 fully saturated rings. The van der Waals surface area contributed by atoms with Crippen molar-refractivity contribution in [3.05, 3.63) is 11.1 Å². The molecule has 2 atom stereocenters. The predicted molar refractivity (Wildman–Crippen MR) is 50.2 cm³/mol. The van der Waals surface area contributed by atoms with E-state index in [1.165, 1.54) is 11.1 Å². The van der Waals surface area contributed by atoms with Crippen LogP contribution in [-0.2, 0) is 9.53 Å². The van der Waals surface area contributed by atoms with Gasteiger partial charge in [0.1, 0.15) is 0 Å². The van der Waals surface area contributed by atoms with Gasteiger partial charge in [0.2, 0.25) is 0 Å². The molecule has 0 N–H and O–H groups in total. The number of rotatable bonds is 0. The van der Waals surface area contributed by atoms with Crippen molar-refractivity contribution in [2.24, 2.45) is 11.3 Å².